The molecule has 1 aromatic heterocycles. The first kappa shape index (κ1) is 10.1. The van der Waals surface area contributed by atoms with Crippen molar-refractivity contribution < 1.29 is 9.53 Å². The van der Waals surface area contributed by atoms with Crippen LogP contribution in [0, 0.1) is 0 Å². The second-order valence-electron chi connectivity index (χ2n) is 2.47. The fraction of sp³-hybridized carbons (Fsp3) is 0.571. The van der Waals surface area contributed by atoms with Gasteiger partial charge in [-0.3, -0.25) is 0 Å². The average molecular weight is 201 g/mol. The first-order valence-corrected chi connectivity index (χ1v) is 4.68. The lowest BCUT2D eigenvalue weighted by atomic mass is 10.3. The van der Waals surface area contributed by atoms with Crippen LogP contribution in [0.5, 0.6) is 0 Å². The normalized spacial score (nSPS) is 12.5. The highest BCUT2D eigenvalue weighted by atomic mass is 32.1. The average Bonchev–Trinajstić information content (AvgIpc) is 2.52. The van der Waals surface area contributed by atoms with Crippen LogP contribution in [0.3, 0.4) is 0 Å². The summed E-state index contributed by atoms with van der Waals surface area (Å²) in [5.41, 5.74) is 5.53. The van der Waals surface area contributed by atoms with Crippen molar-refractivity contribution in [1.29, 1.82) is 0 Å². The number of hydrogen-bond donors (Lipinski definition) is 1. The van der Waals surface area contributed by atoms with E-state index in [-0.39, 0.29) is 11.0 Å². The Labute approximate surface area is 80.1 Å². The molecule has 0 amide bonds. The van der Waals surface area contributed by atoms with E-state index in [2.05, 4.69) is 9.36 Å². The summed E-state index contributed by atoms with van der Waals surface area (Å²) in [5.74, 6) is 0.0416. The zero-order chi connectivity index (χ0) is 9.84. The van der Waals surface area contributed by atoms with Gasteiger partial charge < -0.3 is 10.5 Å². The molecule has 0 bridgehead atoms. The van der Waals surface area contributed by atoms with Crippen molar-refractivity contribution >= 4 is 17.5 Å². The molecule has 0 fully saturated rings. The minimum atomic E-state index is -0.438. The molecular weight excluding hydrogens is 190 g/mol. The SMILES string of the molecule is CCOC(=O)c1nc(C(C)N)ns1. The van der Waals surface area contributed by atoms with Crippen molar-refractivity contribution in [3.05, 3.63) is 10.8 Å². The third-order valence-corrected chi connectivity index (χ3v) is 2.01. The number of nitrogens with zero attached hydrogens (tertiary/aromatic N) is 2. The minimum Gasteiger partial charge on any atom is -0.461 e. The van der Waals surface area contributed by atoms with E-state index in [1.165, 1.54) is 0 Å². The molecule has 72 valence electrons. The van der Waals surface area contributed by atoms with E-state index in [9.17, 15) is 4.79 Å². The Balaban J connectivity index is 2.73. The third-order valence-electron chi connectivity index (χ3n) is 1.30. The Morgan fingerprint density at radius 1 is 1.77 bits per heavy atom. The monoisotopic (exact) mass is 201 g/mol. The molecule has 1 unspecified atom stereocenters. The summed E-state index contributed by atoms with van der Waals surface area (Å²) in [6, 6.07) is -0.251. The Kier molecular flexibility index (Phi) is 3.32. The van der Waals surface area contributed by atoms with Crippen LogP contribution in [0.25, 0.3) is 0 Å². The van der Waals surface area contributed by atoms with Crippen molar-refractivity contribution in [3.8, 4) is 0 Å². The molecule has 0 aromatic carbocycles. The van der Waals surface area contributed by atoms with Crippen LogP contribution in [0.4, 0.5) is 0 Å². The molecule has 0 saturated heterocycles. The van der Waals surface area contributed by atoms with E-state index in [1.807, 2.05) is 0 Å². The molecular formula is C7H11N3O2S. The molecule has 0 aliphatic heterocycles. The summed E-state index contributed by atoms with van der Waals surface area (Å²) in [4.78, 5) is 15.1. The predicted molar refractivity (Wildman–Crippen MR) is 48.5 cm³/mol. The van der Waals surface area contributed by atoms with Crippen molar-refractivity contribution in [2.75, 3.05) is 6.61 Å². The van der Waals surface area contributed by atoms with E-state index in [4.69, 9.17) is 10.5 Å². The van der Waals surface area contributed by atoms with Gasteiger partial charge in [0.05, 0.1) is 12.6 Å². The molecule has 1 rings (SSSR count). The number of hydrogen-bond acceptors (Lipinski definition) is 6. The maximum absolute atomic E-state index is 11.1. The summed E-state index contributed by atoms with van der Waals surface area (Å²) in [6.45, 7) is 3.84. The van der Waals surface area contributed by atoms with Gasteiger partial charge in [0.1, 0.15) is 0 Å². The van der Waals surface area contributed by atoms with Gasteiger partial charge in [0.25, 0.3) is 0 Å². The third kappa shape index (κ3) is 2.46. The predicted octanol–water partition coefficient (Wildman–Crippen LogP) is 0.735. The molecule has 1 atom stereocenters. The number of rotatable bonds is 3. The molecule has 0 aliphatic carbocycles. The van der Waals surface area contributed by atoms with E-state index in [1.54, 1.807) is 13.8 Å². The van der Waals surface area contributed by atoms with Gasteiger partial charge in [-0.05, 0) is 25.4 Å². The van der Waals surface area contributed by atoms with Crippen LogP contribution in [0.1, 0.15) is 35.5 Å². The highest BCUT2D eigenvalue weighted by Crippen LogP contribution is 2.10. The van der Waals surface area contributed by atoms with Gasteiger partial charge in [0, 0.05) is 0 Å². The van der Waals surface area contributed by atoms with Crippen LogP contribution in [0.15, 0.2) is 0 Å². The lowest BCUT2D eigenvalue weighted by Gasteiger charge is -1.96. The fourth-order valence-corrected chi connectivity index (χ4v) is 1.35. The maximum Gasteiger partial charge on any atom is 0.369 e. The molecule has 2 N–H and O–H groups in total. The lowest BCUT2D eigenvalue weighted by Crippen LogP contribution is -2.08. The molecule has 0 spiro atoms. The number of ether oxygens (including phenoxy) is 1. The largest absolute Gasteiger partial charge is 0.461 e. The molecule has 5 nitrogen and oxygen atoms in total. The number of aromatic nitrogens is 2. The lowest BCUT2D eigenvalue weighted by molar-refractivity contribution is 0.0525. The molecule has 0 saturated carbocycles. The zero-order valence-corrected chi connectivity index (χ0v) is 8.30. The van der Waals surface area contributed by atoms with Gasteiger partial charge in [0.15, 0.2) is 5.82 Å². The summed E-state index contributed by atoms with van der Waals surface area (Å²) < 4.78 is 8.67. The standard InChI is InChI=1S/C7H11N3O2S/c1-3-12-7(11)6-9-5(4(2)8)10-13-6/h4H,3,8H2,1-2H3. The van der Waals surface area contributed by atoms with Crippen LogP contribution in [-0.2, 0) is 4.74 Å². The fourth-order valence-electron chi connectivity index (χ4n) is 0.696. The summed E-state index contributed by atoms with van der Waals surface area (Å²) in [7, 11) is 0. The summed E-state index contributed by atoms with van der Waals surface area (Å²) in [6.07, 6.45) is 0. The molecule has 1 heterocycles. The number of esters is 1. The Morgan fingerprint density at radius 2 is 2.46 bits per heavy atom. The smallest absolute Gasteiger partial charge is 0.369 e. The molecule has 13 heavy (non-hydrogen) atoms. The quantitative estimate of drug-likeness (QED) is 0.729. The maximum atomic E-state index is 11.1. The first-order valence-electron chi connectivity index (χ1n) is 3.91. The van der Waals surface area contributed by atoms with Gasteiger partial charge >= 0.3 is 5.97 Å². The van der Waals surface area contributed by atoms with E-state index in [0.29, 0.717) is 12.4 Å². The number of nitrogens with two attached hydrogens (primary N) is 1. The van der Waals surface area contributed by atoms with Crippen LogP contribution < -0.4 is 5.73 Å². The van der Waals surface area contributed by atoms with E-state index < -0.39 is 5.97 Å². The van der Waals surface area contributed by atoms with E-state index >= 15 is 0 Å². The zero-order valence-electron chi connectivity index (χ0n) is 7.48. The highest BCUT2D eigenvalue weighted by Gasteiger charge is 2.14. The van der Waals surface area contributed by atoms with Gasteiger partial charge in [-0.15, -0.1) is 0 Å². The second kappa shape index (κ2) is 4.29. The number of carbonyl (C=O) groups is 1. The van der Waals surface area contributed by atoms with Crippen molar-refractivity contribution in [1.82, 2.24) is 9.36 Å². The molecule has 1 aromatic rings. The Morgan fingerprint density at radius 3 is 2.92 bits per heavy atom. The van der Waals surface area contributed by atoms with Crippen LogP contribution in [-0.4, -0.2) is 21.9 Å². The van der Waals surface area contributed by atoms with Crippen LogP contribution in [0.2, 0.25) is 0 Å². The van der Waals surface area contributed by atoms with Gasteiger partial charge in [0.2, 0.25) is 5.01 Å². The highest BCUT2D eigenvalue weighted by molar-refractivity contribution is 7.07. The van der Waals surface area contributed by atoms with Crippen molar-refractivity contribution in [2.24, 2.45) is 5.73 Å². The molecule has 6 heteroatoms. The Bertz CT molecular complexity index is 298. The van der Waals surface area contributed by atoms with Crippen molar-refractivity contribution in [3.63, 3.8) is 0 Å². The van der Waals surface area contributed by atoms with Crippen LogP contribution >= 0.6 is 11.5 Å². The first-order chi connectivity index (χ1) is 6.15. The number of carbonyl (C=O) groups excluding carboxylic acids is 1. The minimum absolute atomic E-state index is 0.251. The summed E-state index contributed by atoms with van der Waals surface area (Å²) >= 11 is 1.01. The van der Waals surface area contributed by atoms with E-state index in [0.717, 1.165) is 11.5 Å². The van der Waals surface area contributed by atoms with Gasteiger partial charge in [-0.1, -0.05) is 0 Å². The molecule has 0 aliphatic rings. The second-order valence-corrected chi connectivity index (χ2v) is 3.22. The van der Waals surface area contributed by atoms with Gasteiger partial charge in [-0.2, -0.15) is 4.37 Å². The van der Waals surface area contributed by atoms with Crippen molar-refractivity contribution in [2.45, 2.75) is 19.9 Å². The summed E-state index contributed by atoms with van der Waals surface area (Å²) in [5, 5.41) is 0.258. The topological polar surface area (TPSA) is 78.1 Å². The molecule has 0 radical (unpaired) electrons. The Hall–Kier alpha value is -1.01. The van der Waals surface area contributed by atoms with Gasteiger partial charge in [-0.25, -0.2) is 9.78 Å².